The lowest BCUT2D eigenvalue weighted by molar-refractivity contribution is 0.0560. The molecule has 126 valence electrons. The van der Waals surface area contributed by atoms with Crippen molar-refractivity contribution in [2.24, 2.45) is 23.7 Å². The van der Waals surface area contributed by atoms with Crippen LogP contribution in [0.2, 0.25) is 0 Å². The van der Waals surface area contributed by atoms with Crippen LogP contribution in [0.1, 0.15) is 25.3 Å². The maximum Gasteiger partial charge on any atom is 0.165 e. The zero-order chi connectivity index (χ0) is 15.8. The standard InChI is InChI=1S/C17H21N5O2/c23-4-11-9-3-10-12(11)5-24-15(10)14(9)22-7-20-13-16(21-8-1-2-8)18-6-19-17(13)22/h6-12,14-15,23H,1-5H2,(H,18,19,21)/t9-,10+,11+,12+,14-,15-/m1/s1. The van der Waals surface area contributed by atoms with Crippen molar-refractivity contribution in [2.75, 3.05) is 18.5 Å². The van der Waals surface area contributed by atoms with E-state index in [1.807, 2.05) is 6.33 Å². The number of rotatable bonds is 4. The first-order valence-electron chi connectivity index (χ1n) is 9.01. The number of fused-ring (bicyclic) bond motifs is 2. The van der Waals surface area contributed by atoms with E-state index in [1.54, 1.807) is 6.33 Å². The van der Waals surface area contributed by atoms with Gasteiger partial charge in [-0.05, 0) is 42.9 Å². The zero-order valence-corrected chi connectivity index (χ0v) is 13.4. The van der Waals surface area contributed by atoms with Crippen molar-refractivity contribution in [2.45, 2.75) is 37.5 Å². The number of nitrogens with one attached hydrogen (secondary N) is 1. The Bertz CT molecular complexity index is 803. The molecule has 1 aliphatic heterocycles. The zero-order valence-electron chi connectivity index (χ0n) is 13.4. The molecule has 0 amide bonds. The number of anilines is 1. The quantitative estimate of drug-likeness (QED) is 0.878. The number of hydrogen-bond donors (Lipinski definition) is 2. The van der Waals surface area contributed by atoms with Gasteiger partial charge in [0.15, 0.2) is 11.5 Å². The van der Waals surface area contributed by atoms with Gasteiger partial charge in [0, 0.05) is 12.6 Å². The Labute approximate surface area is 139 Å². The van der Waals surface area contributed by atoms with Crippen LogP contribution in [0.25, 0.3) is 11.2 Å². The maximum absolute atomic E-state index is 9.87. The number of hydrogen-bond acceptors (Lipinski definition) is 6. The second-order valence-electron chi connectivity index (χ2n) is 7.83. The highest BCUT2D eigenvalue weighted by Gasteiger charge is 2.62. The molecule has 2 aromatic rings. The van der Waals surface area contributed by atoms with E-state index in [0.717, 1.165) is 30.0 Å². The Morgan fingerprint density at radius 3 is 2.96 bits per heavy atom. The van der Waals surface area contributed by atoms with E-state index in [-0.39, 0.29) is 18.8 Å². The highest BCUT2D eigenvalue weighted by molar-refractivity contribution is 5.83. The van der Waals surface area contributed by atoms with E-state index in [2.05, 4.69) is 24.8 Å². The number of aliphatic hydroxyl groups excluding tert-OH is 1. The molecule has 0 spiro atoms. The Balaban J connectivity index is 1.44. The van der Waals surface area contributed by atoms with Crippen LogP contribution in [0, 0.1) is 23.7 Å². The van der Waals surface area contributed by atoms with Crippen molar-refractivity contribution in [3.05, 3.63) is 12.7 Å². The molecule has 7 nitrogen and oxygen atoms in total. The monoisotopic (exact) mass is 327 g/mol. The van der Waals surface area contributed by atoms with Crippen LogP contribution in [0.3, 0.4) is 0 Å². The largest absolute Gasteiger partial charge is 0.396 e. The van der Waals surface area contributed by atoms with Crippen molar-refractivity contribution in [3.8, 4) is 0 Å². The molecule has 2 aromatic heterocycles. The molecular weight excluding hydrogens is 306 g/mol. The molecule has 3 aliphatic carbocycles. The first kappa shape index (κ1) is 13.5. The van der Waals surface area contributed by atoms with Crippen molar-refractivity contribution in [1.82, 2.24) is 19.5 Å². The van der Waals surface area contributed by atoms with E-state index < -0.39 is 0 Å². The highest BCUT2D eigenvalue weighted by atomic mass is 16.5. The maximum atomic E-state index is 9.87. The van der Waals surface area contributed by atoms with Gasteiger partial charge in [0.1, 0.15) is 11.8 Å². The fourth-order valence-corrected chi connectivity index (χ4v) is 5.49. The smallest absolute Gasteiger partial charge is 0.165 e. The van der Waals surface area contributed by atoms with Gasteiger partial charge in [-0.25, -0.2) is 15.0 Å². The van der Waals surface area contributed by atoms with E-state index in [9.17, 15) is 5.11 Å². The summed E-state index contributed by atoms with van der Waals surface area (Å²) in [5, 5.41) is 13.3. The minimum absolute atomic E-state index is 0.236. The lowest BCUT2D eigenvalue weighted by Gasteiger charge is -2.33. The van der Waals surface area contributed by atoms with Gasteiger partial charge in [0.05, 0.1) is 25.1 Å². The van der Waals surface area contributed by atoms with Crippen LogP contribution in [-0.4, -0.2) is 50.0 Å². The van der Waals surface area contributed by atoms with Crippen LogP contribution in [-0.2, 0) is 4.74 Å². The molecule has 4 aliphatic rings. The molecular formula is C17H21N5O2. The van der Waals surface area contributed by atoms with Crippen molar-refractivity contribution in [3.63, 3.8) is 0 Å². The highest BCUT2D eigenvalue weighted by Crippen LogP contribution is 2.61. The molecule has 3 saturated carbocycles. The van der Waals surface area contributed by atoms with E-state index >= 15 is 0 Å². The van der Waals surface area contributed by atoms with Crippen molar-refractivity contribution in [1.29, 1.82) is 0 Å². The molecule has 3 heterocycles. The average molecular weight is 327 g/mol. The molecule has 4 fully saturated rings. The molecule has 2 bridgehead atoms. The summed E-state index contributed by atoms with van der Waals surface area (Å²) in [6.07, 6.45) is 7.33. The third kappa shape index (κ3) is 1.66. The van der Waals surface area contributed by atoms with Crippen LogP contribution < -0.4 is 5.32 Å². The van der Waals surface area contributed by atoms with Crippen molar-refractivity contribution >= 4 is 17.0 Å². The third-order valence-corrected chi connectivity index (χ3v) is 6.68. The number of aromatic nitrogens is 4. The number of ether oxygens (including phenoxy) is 1. The number of aliphatic hydroxyl groups is 1. The van der Waals surface area contributed by atoms with Crippen LogP contribution in [0.4, 0.5) is 5.82 Å². The van der Waals surface area contributed by atoms with Crippen LogP contribution in [0.15, 0.2) is 12.7 Å². The summed E-state index contributed by atoms with van der Waals surface area (Å²) in [5.41, 5.74) is 1.73. The first-order valence-corrected chi connectivity index (χ1v) is 9.01. The summed E-state index contributed by atoms with van der Waals surface area (Å²) in [5.74, 6) is 2.78. The summed E-state index contributed by atoms with van der Waals surface area (Å²) < 4.78 is 8.32. The van der Waals surface area contributed by atoms with Crippen molar-refractivity contribution < 1.29 is 9.84 Å². The lowest BCUT2D eigenvalue weighted by atomic mass is 9.78. The van der Waals surface area contributed by atoms with Crippen LogP contribution >= 0.6 is 0 Å². The van der Waals surface area contributed by atoms with E-state index in [0.29, 0.717) is 29.7 Å². The SMILES string of the molecule is OC[C@@H]1[C@H]2CO[C@@H]3[C@H]2C[C@H]1[C@H]3n1cnc2c(NC3CC3)ncnc21. The molecule has 6 atom stereocenters. The first-order chi connectivity index (χ1) is 11.8. The Hall–Kier alpha value is -1.73. The van der Waals surface area contributed by atoms with Crippen LogP contribution in [0.5, 0.6) is 0 Å². The number of nitrogens with zero attached hydrogens (tertiary/aromatic N) is 4. The fraction of sp³-hybridized carbons (Fsp3) is 0.706. The molecule has 24 heavy (non-hydrogen) atoms. The normalized spacial score (nSPS) is 39.9. The average Bonchev–Trinajstić information content (AvgIpc) is 2.95. The van der Waals surface area contributed by atoms with E-state index in [4.69, 9.17) is 4.74 Å². The second kappa shape index (κ2) is 4.67. The molecule has 0 radical (unpaired) electrons. The van der Waals surface area contributed by atoms with Gasteiger partial charge >= 0.3 is 0 Å². The molecule has 7 heteroatoms. The second-order valence-corrected chi connectivity index (χ2v) is 7.83. The van der Waals surface area contributed by atoms with Gasteiger partial charge in [-0.2, -0.15) is 0 Å². The Kier molecular flexibility index (Phi) is 2.63. The van der Waals surface area contributed by atoms with E-state index in [1.165, 1.54) is 12.8 Å². The Morgan fingerprint density at radius 1 is 1.21 bits per heavy atom. The van der Waals surface area contributed by atoms with Gasteiger partial charge in [0.25, 0.3) is 0 Å². The van der Waals surface area contributed by atoms with Gasteiger partial charge in [-0.3, -0.25) is 0 Å². The van der Waals surface area contributed by atoms with Gasteiger partial charge in [0.2, 0.25) is 0 Å². The fourth-order valence-electron chi connectivity index (χ4n) is 5.49. The lowest BCUT2D eigenvalue weighted by Crippen LogP contribution is -2.36. The van der Waals surface area contributed by atoms with Gasteiger partial charge in [-0.15, -0.1) is 0 Å². The molecule has 0 aromatic carbocycles. The topological polar surface area (TPSA) is 85.1 Å². The predicted octanol–water partition coefficient (Wildman–Crippen LogP) is 1.21. The summed E-state index contributed by atoms with van der Waals surface area (Å²) >= 11 is 0. The molecule has 2 N–H and O–H groups in total. The summed E-state index contributed by atoms with van der Waals surface area (Å²) in [6.45, 7) is 1.05. The summed E-state index contributed by atoms with van der Waals surface area (Å²) in [6, 6.07) is 0.771. The molecule has 1 saturated heterocycles. The third-order valence-electron chi connectivity index (χ3n) is 6.68. The Morgan fingerprint density at radius 2 is 2.12 bits per heavy atom. The minimum Gasteiger partial charge on any atom is -0.396 e. The summed E-state index contributed by atoms with van der Waals surface area (Å²) in [4.78, 5) is 13.5. The molecule has 6 rings (SSSR count). The van der Waals surface area contributed by atoms with Gasteiger partial charge in [-0.1, -0.05) is 0 Å². The minimum atomic E-state index is 0.236. The number of imidazole rings is 1. The predicted molar refractivity (Wildman–Crippen MR) is 86.4 cm³/mol. The van der Waals surface area contributed by atoms with Gasteiger partial charge < -0.3 is 19.7 Å². The molecule has 0 unspecified atom stereocenters. The summed E-state index contributed by atoms with van der Waals surface area (Å²) in [7, 11) is 0.